The SMILES string of the molecule is CCOC(=O)c1nc(CC)n(CCCCN(C)C)c1N. The Morgan fingerprint density at radius 1 is 1.35 bits per heavy atom. The van der Waals surface area contributed by atoms with Crippen molar-refractivity contribution in [3.63, 3.8) is 0 Å². The fourth-order valence-corrected chi connectivity index (χ4v) is 2.08. The maximum atomic E-state index is 11.8. The van der Waals surface area contributed by atoms with Gasteiger partial charge >= 0.3 is 5.97 Å². The Morgan fingerprint density at radius 3 is 2.60 bits per heavy atom. The molecule has 0 spiro atoms. The molecule has 0 unspecified atom stereocenters. The number of hydrogen-bond acceptors (Lipinski definition) is 5. The van der Waals surface area contributed by atoms with E-state index < -0.39 is 5.97 Å². The highest BCUT2D eigenvalue weighted by Gasteiger charge is 2.20. The Morgan fingerprint density at radius 2 is 2.05 bits per heavy atom. The molecule has 0 aliphatic heterocycles. The number of unbranched alkanes of at least 4 members (excludes halogenated alkanes) is 1. The molecule has 0 aromatic carbocycles. The lowest BCUT2D eigenvalue weighted by molar-refractivity contribution is 0.0521. The Balaban J connectivity index is 2.76. The summed E-state index contributed by atoms with van der Waals surface area (Å²) in [6, 6.07) is 0. The second-order valence-electron chi connectivity index (χ2n) is 5.00. The van der Waals surface area contributed by atoms with Crippen LogP contribution in [0.15, 0.2) is 0 Å². The first-order valence-electron chi connectivity index (χ1n) is 7.17. The van der Waals surface area contributed by atoms with Gasteiger partial charge in [0.2, 0.25) is 0 Å². The molecule has 1 aromatic rings. The molecule has 0 saturated heterocycles. The van der Waals surface area contributed by atoms with Crippen molar-refractivity contribution in [2.24, 2.45) is 0 Å². The number of imidazole rings is 1. The first kappa shape index (κ1) is 16.5. The van der Waals surface area contributed by atoms with Crippen molar-refractivity contribution >= 4 is 11.8 Å². The first-order valence-corrected chi connectivity index (χ1v) is 7.17. The molecule has 0 atom stereocenters. The van der Waals surface area contributed by atoms with Crippen molar-refractivity contribution in [1.29, 1.82) is 0 Å². The normalized spacial score (nSPS) is 11.1. The van der Waals surface area contributed by atoms with Crippen LogP contribution in [0.4, 0.5) is 5.82 Å². The largest absolute Gasteiger partial charge is 0.461 e. The number of aromatic nitrogens is 2. The summed E-state index contributed by atoms with van der Waals surface area (Å²) in [5.74, 6) is 0.826. The molecule has 6 heteroatoms. The minimum Gasteiger partial charge on any atom is -0.461 e. The van der Waals surface area contributed by atoms with E-state index in [1.165, 1.54) is 0 Å². The monoisotopic (exact) mass is 282 g/mol. The zero-order valence-electron chi connectivity index (χ0n) is 13.0. The van der Waals surface area contributed by atoms with Crippen LogP contribution in [0.2, 0.25) is 0 Å². The van der Waals surface area contributed by atoms with Gasteiger partial charge in [-0.1, -0.05) is 6.92 Å². The summed E-state index contributed by atoms with van der Waals surface area (Å²) in [4.78, 5) is 18.2. The van der Waals surface area contributed by atoms with Crippen LogP contribution >= 0.6 is 0 Å². The average molecular weight is 282 g/mol. The van der Waals surface area contributed by atoms with Crippen LogP contribution in [0.5, 0.6) is 0 Å². The third-order valence-corrected chi connectivity index (χ3v) is 3.11. The fourth-order valence-electron chi connectivity index (χ4n) is 2.08. The molecule has 0 radical (unpaired) electrons. The van der Waals surface area contributed by atoms with Crippen molar-refractivity contribution in [2.45, 2.75) is 39.7 Å². The van der Waals surface area contributed by atoms with Gasteiger partial charge in [-0.15, -0.1) is 0 Å². The Labute approximate surface area is 120 Å². The summed E-state index contributed by atoms with van der Waals surface area (Å²) in [6.07, 6.45) is 2.84. The lowest BCUT2D eigenvalue weighted by Crippen LogP contribution is -2.14. The minimum atomic E-state index is -0.438. The molecule has 2 N–H and O–H groups in total. The molecule has 1 aromatic heterocycles. The molecule has 0 aliphatic rings. The van der Waals surface area contributed by atoms with Gasteiger partial charge in [-0.25, -0.2) is 9.78 Å². The van der Waals surface area contributed by atoms with Gasteiger partial charge in [0.25, 0.3) is 0 Å². The second kappa shape index (κ2) is 7.89. The van der Waals surface area contributed by atoms with Crippen molar-refractivity contribution < 1.29 is 9.53 Å². The lowest BCUT2D eigenvalue weighted by Gasteiger charge is -2.11. The van der Waals surface area contributed by atoms with Crippen LogP contribution in [0, 0.1) is 0 Å². The molecule has 1 heterocycles. The van der Waals surface area contributed by atoms with Gasteiger partial charge in [-0.05, 0) is 40.4 Å². The predicted octanol–water partition coefficient (Wildman–Crippen LogP) is 1.55. The van der Waals surface area contributed by atoms with Crippen molar-refractivity contribution in [3.8, 4) is 0 Å². The molecular weight excluding hydrogens is 256 g/mol. The molecule has 0 amide bonds. The third kappa shape index (κ3) is 4.23. The summed E-state index contributed by atoms with van der Waals surface area (Å²) in [7, 11) is 4.11. The Hall–Kier alpha value is -1.56. The van der Waals surface area contributed by atoms with Crippen LogP contribution in [0.3, 0.4) is 0 Å². The van der Waals surface area contributed by atoms with E-state index >= 15 is 0 Å². The molecule has 0 bridgehead atoms. The van der Waals surface area contributed by atoms with E-state index in [-0.39, 0.29) is 5.69 Å². The van der Waals surface area contributed by atoms with Crippen LogP contribution in [0.25, 0.3) is 0 Å². The fraction of sp³-hybridized carbons (Fsp3) is 0.714. The molecule has 0 aliphatic carbocycles. The number of carbonyl (C=O) groups excluding carboxylic acids is 1. The number of ether oxygens (including phenoxy) is 1. The third-order valence-electron chi connectivity index (χ3n) is 3.11. The zero-order valence-corrected chi connectivity index (χ0v) is 13.0. The number of carbonyl (C=O) groups is 1. The number of nitrogens with two attached hydrogens (primary N) is 1. The number of nitrogen functional groups attached to an aromatic ring is 1. The maximum Gasteiger partial charge on any atom is 0.360 e. The average Bonchev–Trinajstić information content (AvgIpc) is 2.71. The van der Waals surface area contributed by atoms with E-state index in [2.05, 4.69) is 24.0 Å². The number of anilines is 1. The van der Waals surface area contributed by atoms with Crippen LogP contribution in [0.1, 0.15) is 43.0 Å². The highest BCUT2D eigenvalue weighted by atomic mass is 16.5. The number of nitrogens with zero attached hydrogens (tertiary/aromatic N) is 3. The number of rotatable bonds is 8. The summed E-state index contributed by atoms with van der Waals surface area (Å²) in [5.41, 5.74) is 6.29. The molecule has 0 saturated carbocycles. The van der Waals surface area contributed by atoms with Gasteiger partial charge in [0.15, 0.2) is 5.69 Å². The summed E-state index contributed by atoms with van der Waals surface area (Å²) in [6.45, 7) is 5.94. The van der Waals surface area contributed by atoms with Gasteiger partial charge < -0.3 is 19.9 Å². The van der Waals surface area contributed by atoms with Gasteiger partial charge in [0.05, 0.1) is 6.61 Å². The van der Waals surface area contributed by atoms with Crippen LogP contribution in [-0.2, 0) is 17.7 Å². The number of esters is 1. The maximum absolute atomic E-state index is 11.8. The quantitative estimate of drug-likeness (QED) is 0.578. The summed E-state index contributed by atoms with van der Waals surface area (Å²) >= 11 is 0. The molecular formula is C14H26N4O2. The van der Waals surface area contributed by atoms with Crippen molar-refractivity contribution in [1.82, 2.24) is 14.5 Å². The molecule has 20 heavy (non-hydrogen) atoms. The minimum absolute atomic E-state index is 0.247. The van der Waals surface area contributed by atoms with Crippen molar-refractivity contribution in [3.05, 3.63) is 11.5 Å². The first-order chi connectivity index (χ1) is 9.51. The summed E-state index contributed by atoms with van der Waals surface area (Å²) in [5, 5.41) is 0. The number of hydrogen-bond donors (Lipinski definition) is 1. The van der Waals surface area contributed by atoms with Gasteiger partial charge in [0, 0.05) is 13.0 Å². The van der Waals surface area contributed by atoms with Crippen LogP contribution < -0.4 is 5.73 Å². The topological polar surface area (TPSA) is 73.4 Å². The van der Waals surface area contributed by atoms with E-state index in [0.717, 1.165) is 38.2 Å². The summed E-state index contributed by atoms with van der Waals surface area (Å²) < 4.78 is 6.91. The second-order valence-corrected chi connectivity index (χ2v) is 5.00. The highest BCUT2D eigenvalue weighted by molar-refractivity contribution is 5.92. The lowest BCUT2D eigenvalue weighted by atomic mass is 10.3. The Bertz CT molecular complexity index is 441. The molecule has 114 valence electrons. The van der Waals surface area contributed by atoms with E-state index in [9.17, 15) is 4.79 Å². The van der Waals surface area contributed by atoms with Gasteiger partial charge in [-0.3, -0.25) is 0 Å². The van der Waals surface area contributed by atoms with Crippen molar-refractivity contribution in [2.75, 3.05) is 33.0 Å². The van der Waals surface area contributed by atoms with E-state index in [0.29, 0.717) is 12.4 Å². The van der Waals surface area contributed by atoms with Gasteiger partial charge in [-0.2, -0.15) is 0 Å². The highest BCUT2D eigenvalue weighted by Crippen LogP contribution is 2.17. The standard InChI is InChI=1S/C14H26N4O2/c1-5-11-16-12(14(19)20-6-2)13(15)18(11)10-8-7-9-17(3)4/h5-10,15H2,1-4H3. The molecule has 0 fully saturated rings. The molecule has 6 nitrogen and oxygen atoms in total. The smallest absolute Gasteiger partial charge is 0.360 e. The number of aryl methyl sites for hydroxylation is 1. The predicted molar refractivity (Wildman–Crippen MR) is 79.8 cm³/mol. The van der Waals surface area contributed by atoms with E-state index in [1.54, 1.807) is 6.92 Å². The zero-order chi connectivity index (χ0) is 15.1. The molecule has 1 rings (SSSR count). The van der Waals surface area contributed by atoms with Crippen LogP contribution in [-0.4, -0.2) is 47.7 Å². The van der Waals surface area contributed by atoms with E-state index in [4.69, 9.17) is 10.5 Å². The van der Waals surface area contributed by atoms with Gasteiger partial charge in [0.1, 0.15) is 11.6 Å². The van der Waals surface area contributed by atoms with E-state index in [1.807, 2.05) is 11.5 Å². The Kier molecular flexibility index (Phi) is 6.51.